The van der Waals surface area contributed by atoms with Crippen LogP contribution < -0.4 is 5.56 Å². The smallest absolute Gasteiger partial charge is 0.423 e. The average molecular weight is 384 g/mol. The highest BCUT2D eigenvalue weighted by atomic mass is 19.4. The number of nitro groups is 1. The number of halogens is 3. The van der Waals surface area contributed by atoms with E-state index >= 15 is 0 Å². The highest BCUT2D eigenvalue weighted by molar-refractivity contribution is 5.91. The summed E-state index contributed by atoms with van der Waals surface area (Å²) in [4.78, 5) is 40.2. The van der Waals surface area contributed by atoms with Crippen LogP contribution in [0, 0.1) is 17.0 Å². The zero-order chi connectivity index (χ0) is 20.1. The van der Waals surface area contributed by atoms with Gasteiger partial charge in [-0.2, -0.15) is 13.2 Å². The molecule has 1 aromatic carbocycles. The van der Waals surface area contributed by atoms with Crippen molar-refractivity contribution in [1.29, 1.82) is 0 Å². The predicted octanol–water partition coefficient (Wildman–Crippen LogP) is 2.59. The lowest BCUT2D eigenvalue weighted by Gasteiger charge is -2.10. The van der Waals surface area contributed by atoms with Crippen LogP contribution in [0.25, 0.3) is 16.7 Å². The van der Waals surface area contributed by atoms with Gasteiger partial charge < -0.3 is 9.72 Å². The Morgan fingerprint density at radius 3 is 2.63 bits per heavy atom. The lowest BCUT2D eigenvalue weighted by molar-refractivity contribution is -0.387. The van der Waals surface area contributed by atoms with E-state index in [2.05, 4.69) is 9.97 Å². The number of rotatable bonds is 3. The second kappa shape index (κ2) is 6.07. The number of benzene rings is 1. The van der Waals surface area contributed by atoms with E-state index < -0.39 is 33.9 Å². The van der Waals surface area contributed by atoms with Crippen LogP contribution in [0.2, 0.25) is 0 Å². The number of imidazole rings is 1. The van der Waals surface area contributed by atoms with E-state index in [0.29, 0.717) is 12.1 Å². The van der Waals surface area contributed by atoms with Gasteiger partial charge in [0.25, 0.3) is 11.2 Å². The lowest BCUT2D eigenvalue weighted by Crippen LogP contribution is -2.14. The number of carbonyl (C=O) groups is 1. The first-order valence-electron chi connectivity index (χ1n) is 7.54. The Morgan fingerprint density at radius 1 is 1.41 bits per heavy atom. The van der Waals surface area contributed by atoms with Crippen LogP contribution in [-0.2, 0) is 10.9 Å². The average Bonchev–Trinajstić information content (AvgIpc) is 2.92. The van der Waals surface area contributed by atoms with E-state index in [1.54, 1.807) is 6.92 Å². The molecule has 0 aliphatic heterocycles. The Kier molecular flexibility index (Phi) is 4.13. The minimum Gasteiger partial charge on any atom is -0.461 e. The van der Waals surface area contributed by atoms with Gasteiger partial charge in [-0.15, -0.1) is 0 Å². The van der Waals surface area contributed by atoms with Gasteiger partial charge >= 0.3 is 12.1 Å². The van der Waals surface area contributed by atoms with E-state index in [0.717, 1.165) is 4.40 Å². The number of hydrogen-bond acceptors (Lipinski definition) is 6. The van der Waals surface area contributed by atoms with Crippen molar-refractivity contribution in [3.05, 3.63) is 49.6 Å². The third-order valence-corrected chi connectivity index (χ3v) is 3.88. The number of alkyl halides is 3. The van der Waals surface area contributed by atoms with Crippen LogP contribution >= 0.6 is 0 Å². The van der Waals surface area contributed by atoms with Gasteiger partial charge in [-0.3, -0.25) is 19.3 Å². The van der Waals surface area contributed by atoms with Gasteiger partial charge in [0.1, 0.15) is 5.56 Å². The van der Waals surface area contributed by atoms with Crippen LogP contribution in [0.1, 0.15) is 28.7 Å². The number of aromatic amines is 1. The molecule has 3 aromatic rings. The van der Waals surface area contributed by atoms with Crippen LogP contribution in [-0.4, -0.2) is 31.9 Å². The van der Waals surface area contributed by atoms with Crippen LogP contribution in [0.3, 0.4) is 0 Å². The fourth-order valence-corrected chi connectivity index (χ4v) is 2.76. The monoisotopic (exact) mass is 384 g/mol. The molecule has 2 heterocycles. The zero-order valence-electron chi connectivity index (χ0n) is 13.9. The molecular formula is C15H11F3N4O5. The van der Waals surface area contributed by atoms with Crippen molar-refractivity contribution >= 4 is 28.3 Å². The molecule has 0 spiro atoms. The normalized spacial score (nSPS) is 11.9. The number of esters is 1. The summed E-state index contributed by atoms with van der Waals surface area (Å²) in [5.74, 6) is -0.826. The Labute approximate surface area is 147 Å². The van der Waals surface area contributed by atoms with Crippen molar-refractivity contribution in [2.24, 2.45) is 0 Å². The Morgan fingerprint density at radius 2 is 2.07 bits per heavy atom. The maximum Gasteiger partial charge on any atom is 0.423 e. The number of aromatic nitrogens is 3. The standard InChI is InChI=1S/C15H11F3N4O5/c1-3-27-14(24)11-6(2)21-10-5-9(22(25)26)7(15(16,17)18)4-8(10)19-13(23)12(21)20-11/h4-5H,3H2,1-2H3,(H,19,23). The molecule has 0 aliphatic carbocycles. The van der Waals surface area contributed by atoms with Gasteiger partial charge in [-0.05, 0) is 19.9 Å². The lowest BCUT2D eigenvalue weighted by atomic mass is 10.1. The molecule has 0 saturated heterocycles. The number of fused-ring (bicyclic) bond motifs is 3. The van der Waals surface area contributed by atoms with Gasteiger partial charge in [-0.25, -0.2) is 9.78 Å². The van der Waals surface area contributed by atoms with E-state index in [1.165, 1.54) is 6.92 Å². The molecule has 0 fully saturated rings. The quantitative estimate of drug-likeness (QED) is 0.421. The first-order valence-corrected chi connectivity index (χ1v) is 7.54. The van der Waals surface area contributed by atoms with Gasteiger partial charge in [-0.1, -0.05) is 0 Å². The molecule has 12 heteroatoms. The van der Waals surface area contributed by atoms with E-state index in [9.17, 15) is 32.9 Å². The summed E-state index contributed by atoms with van der Waals surface area (Å²) >= 11 is 0. The Bertz CT molecular complexity index is 1160. The van der Waals surface area contributed by atoms with E-state index in [-0.39, 0.29) is 34.7 Å². The van der Waals surface area contributed by atoms with Gasteiger partial charge in [0, 0.05) is 6.07 Å². The molecule has 27 heavy (non-hydrogen) atoms. The first kappa shape index (κ1) is 18.4. The van der Waals surface area contributed by atoms with Crippen LogP contribution in [0.4, 0.5) is 18.9 Å². The SMILES string of the molecule is CCOC(=O)c1nc2c(=O)[nH]c3cc(C(F)(F)F)c([N+](=O)[O-])cc3n2c1C. The first-order chi connectivity index (χ1) is 12.6. The molecule has 1 N–H and O–H groups in total. The van der Waals surface area contributed by atoms with Crippen molar-refractivity contribution in [1.82, 2.24) is 14.4 Å². The fraction of sp³-hybridized carbons (Fsp3) is 0.267. The molecule has 0 radical (unpaired) electrons. The summed E-state index contributed by atoms with van der Waals surface area (Å²) in [5, 5.41) is 11.1. The van der Waals surface area contributed by atoms with Crippen molar-refractivity contribution in [2.75, 3.05) is 6.61 Å². The molecule has 2 aromatic heterocycles. The predicted molar refractivity (Wildman–Crippen MR) is 85.7 cm³/mol. The Hall–Kier alpha value is -3.44. The molecule has 142 valence electrons. The number of aryl methyl sites for hydroxylation is 1. The third-order valence-electron chi connectivity index (χ3n) is 3.88. The maximum atomic E-state index is 13.1. The number of H-pyrrole nitrogens is 1. The Balaban J connectivity index is 2.46. The summed E-state index contributed by atoms with van der Waals surface area (Å²) < 4.78 is 45.4. The fourth-order valence-electron chi connectivity index (χ4n) is 2.76. The molecule has 9 nitrogen and oxygen atoms in total. The minimum atomic E-state index is -5.00. The number of nitro benzene ring substituents is 1. The van der Waals surface area contributed by atoms with Gasteiger partial charge in [0.2, 0.25) is 5.65 Å². The van der Waals surface area contributed by atoms with Gasteiger partial charge in [0.05, 0.1) is 28.3 Å². The molecule has 0 unspecified atom stereocenters. The molecule has 3 rings (SSSR count). The van der Waals surface area contributed by atoms with Gasteiger partial charge in [0.15, 0.2) is 5.69 Å². The third kappa shape index (κ3) is 2.88. The summed E-state index contributed by atoms with van der Waals surface area (Å²) in [6, 6.07) is 1.17. The summed E-state index contributed by atoms with van der Waals surface area (Å²) in [6.45, 7) is 3.01. The second-order valence-electron chi connectivity index (χ2n) is 5.52. The molecule has 0 bridgehead atoms. The number of ether oxygens (including phenoxy) is 1. The molecule has 0 aliphatic rings. The maximum absolute atomic E-state index is 13.1. The van der Waals surface area contributed by atoms with Crippen LogP contribution in [0.5, 0.6) is 0 Å². The highest BCUT2D eigenvalue weighted by Crippen LogP contribution is 2.38. The summed E-state index contributed by atoms with van der Waals surface area (Å²) in [7, 11) is 0. The largest absolute Gasteiger partial charge is 0.461 e. The molecule has 0 amide bonds. The van der Waals surface area contributed by atoms with Crippen molar-refractivity contribution < 1.29 is 27.6 Å². The topological polar surface area (TPSA) is 120 Å². The van der Waals surface area contributed by atoms with Crippen LogP contribution in [0.15, 0.2) is 16.9 Å². The summed E-state index contributed by atoms with van der Waals surface area (Å²) in [6.07, 6.45) is -5.00. The van der Waals surface area contributed by atoms with Crippen molar-refractivity contribution in [2.45, 2.75) is 20.0 Å². The summed E-state index contributed by atoms with van der Waals surface area (Å²) in [5.41, 5.74) is -4.34. The molecular weight excluding hydrogens is 373 g/mol. The zero-order valence-corrected chi connectivity index (χ0v) is 13.9. The number of nitrogens with one attached hydrogen (secondary N) is 1. The number of hydrogen-bond donors (Lipinski definition) is 1. The van der Waals surface area contributed by atoms with E-state index in [1.807, 2.05) is 0 Å². The molecule has 0 saturated carbocycles. The minimum absolute atomic E-state index is 0.0453. The number of carbonyl (C=O) groups excluding carboxylic acids is 1. The van der Waals surface area contributed by atoms with E-state index in [4.69, 9.17) is 4.74 Å². The number of nitrogens with zero attached hydrogens (tertiary/aromatic N) is 3. The molecule has 0 atom stereocenters. The van der Waals surface area contributed by atoms with Crippen molar-refractivity contribution in [3.8, 4) is 0 Å². The van der Waals surface area contributed by atoms with Crippen molar-refractivity contribution in [3.63, 3.8) is 0 Å². The second-order valence-corrected chi connectivity index (χ2v) is 5.52. The highest BCUT2D eigenvalue weighted by Gasteiger charge is 2.39.